The second kappa shape index (κ2) is 28.7. The Labute approximate surface area is 420 Å². The van der Waals surface area contributed by atoms with E-state index in [1.807, 2.05) is 27.7 Å². The van der Waals surface area contributed by atoms with Gasteiger partial charge in [0, 0.05) is 5.39 Å². The number of aryl methyl sites for hydroxylation is 4. The third kappa shape index (κ3) is 14.7. The van der Waals surface area contributed by atoms with Crippen LogP contribution in [0.4, 0.5) is 17.1 Å². The number of hydrogen-bond acceptors (Lipinski definition) is 1. The fourth-order valence-electron chi connectivity index (χ4n) is 10.8. The average molecular weight is 916 g/mol. The van der Waals surface area contributed by atoms with Crippen LogP contribution >= 0.6 is 0 Å². The van der Waals surface area contributed by atoms with Gasteiger partial charge in [-0.05, 0) is 144 Å². The Kier molecular flexibility index (Phi) is 22.0. The van der Waals surface area contributed by atoms with Gasteiger partial charge in [-0.25, -0.2) is 0 Å². The maximum absolute atomic E-state index is 2.41. The molecule has 0 unspecified atom stereocenters. The molecule has 1 aliphatic heterocycles. The second-order valence-electron chi connectivity index (χ2n) is 19.1. The quantitative estimate of drug-likeness (QED) is 0.160. The maximum Gasteiger partial charge on any atom is 0.0540 e. The summed E-state index contributed by atoms with van der Waals surface area (Å²) in [6.07, 6.45) is 30.2. The van der Waals surface area contributed by atoms with E-state index >= 15 is 0 Å². The van der Waals surface area contributed by atoms with Crippen molar-refractivity contribution in [1.29, 1.82) is 0 Å². The summed E-state index contributed by atoms with van der Waals surface area (Å²) in [7, 11) is 0. The van der Waals surface area contributed by atoms with Gasteiger partial charge in [-0.1, -0.05) is 250 Å². The lowest BCUT2D eigenvalue weighted by molar-refractivity contribution is 0.443. The Morgan fingerprint density at radius 2 is 0.841 bits per heavy atom. The predicted octanol–water partition coefficient (Wildman–Crippen LogP) is 21.2. The summed E-state index contributed by atoms with van der Waals surface area (Å²) in [5.74, 6) is 0.809. The largest absolute Gasteiger partial charge is 0.309 e. The van der Waals surface area contributed by atoms with E-state index in [4.69, 9.17) is 0 Å². The lowest BCUT2D eigenvalue weighted by Crippen LogP contribution is -2.12. The summed E-state index contributed by atoms with van der Waals surface area (Å²) in [5.41, 5.74) is 17.7. The van der Waals surface area contributed by atoms with Crippen LogP contribution in [0.15, 0.2) is 152 Å². The molecule has 4 aliphatic rings. The van der Waals surface area contributed by atoms with Gasteiger partial charge >= 0.3 is 0 Å². The van der Waals surface area contributed by atoms with Crippen LogP contribution in [0.5, 0.6) is 0 Å². The van der Waals surface area contributed by atoms with Crippen molar-refractivity contribution in [3.63, 3.8) is 0 Å². The molecule has 7 aromatic carbocycles. The second-order valence-corrected chi connectivity index (χ2v) is 19.1. The average Bonchev–Trinajstić information content (AvgIpc) is 3.81. The molecule has 2 fully saturated rings. The Morgan fingerprint density at radius 3 is 1.45 bits per heavy atom. The van der Waals surface area contributed by atoms with Crippen molar-refractivity contribution in [2.24, 2.45) is 0 Å². The summed E-state index contributed by atoms with van der Waals surface area (Å²) in [5, 5.41) is 2.64. The first kappa shape index (κ1) is 52.7. The minimum absolute atomic E-state index is 0.809. The first-order chi connectivity index (χ1) is 34.0. The van der Waals surface area contributed by atoms with Crippen molar-refractivity contribution in [2.45, 2.75) is 170 Å². The Bertz CT molecular complexity index is 2510. The third-order valence-corrected chi connectivity index (χ3v) is 14.4. The smallest absolute Gasteiger partial charge is 0.0540 e. The Morgan fingerprint density at radius 1 is 0.362 bits per heavy atom. The van der Waals surface area contributed by atoms with E-state index in [1.54, 1.807) is 11.1 Å². The van der Waals surface area contributed by atoms with E-state index in [2.05, 4.69) is 189 Å². The molecule has 1 nitrogen and oxygen atoms in total. The normalized spacial score (nSPS) is 15.1. The van der Waals surface area contributed by atoms with E-state index < -0.39 is 0 Å². The molecule has 1 heterocycles. The highest BCUT2D eigenvalue weighted by Crippen LogP contribution is 2.45. The standard InChI is InChI=1S/C26H21N.C18H20.C13H18.C7H14.2C2H6/c1-18-8-7-11-22-25(17-14-19(2)26(18)22)27-23-12-5-3-9-20(23)15-16-21-10-4-6-13-24(21)27;1-3-7-15(8-4-1)17-11-13-18(14-12-17)16-9-5-2-6-10-16;1-11-7-6-9-12-8-4-2-3-5-10-13(11)12;1-2-4-6-7-5-3-1;2*1-2/h3-17H,1-2H3;1,3-4,7-8,11-14,16H,2,5-6,9-10H2;6-7,9H,2-5,8,10H2,1H3;1-7H2;2*1-2H3. The minimum atomic E-state index is 0.809. The number of hydrogen-bond donors (Lipinski definition) is 0. The summed E-state index contributed by atoms with van der Waals surface area (Å²) in [4.78, 5) is 2.41. The molecule has 0 N–H and O–H groups in total. The van der Waals surface area contributed by atoms with Crippen LogP contribution in [0.2, 0.25) is 0 Å². The van der Waals surface area contributed by atoms with Gasteiger partial charge in [0.1, 0.15) is 0 Å². The molecule has 0 spiro atoms. The highest BCUT2D eigenvalue weighted by Gasteiger charge is 2.22. The molecular weight excluding hydrogens is 831 g/mol. The number of para-hydroxylation sites is 2. The highest BCUT2D eigenvalue weighted by molar-refractivity contribution is 6.04. The van der Waals surface area contributed by atoms with Gasteiger partial charge in [0.15, 0.2) is 0 Å². The van der Waals surface area contributed by atoms with Gasteiger partial charge in [0.2, 0.25) is 0 Å². The first-order valence-corrected chi connectivity index (χ1v) is 27.4. The van der Waals surface area contributed by atoms with Crippen LogP contribution in [0.3, 0.4) is 0 Å². The SMILES string of the molecule is C1CCCCCC1.CC.CC.Cc1cccc2c(N3c4ccccc4C=Cc4ccccc43)ccc(C)c12.Cc1cccc2c1CCCCCC2.c1ccc(-c2ccc(C3CCCCC3)cc2)cc1. The number of benzene rings is 7. The zero-order valence-electron chi connectivity index (χ0n) is 43.8. The van der Waals surface area contributed by atoms with E-state index in [9.17, 15) is 0 Å². The molecule has 69 heavy (non-hydrogen) atoms. The van der Waals surface area contributed by atoms with E-state index in [1.165, 1.54) is 188 Å². The topological polar surface area (TPSA) is 3.24 Å². The summed E-state index contributed by atoms with van der Waals surface area (Å²) < 4.78 is 0. The molecule has 0 saturated heterocycles. The fraction of sp³-hybridized carbons (Fsp3) is 0.382. The molecular formula is C68H85N. The minimum Gasteiger partial charge on any atom is -0.309 e. The number of nitrogens with zero attached hydrogens (tertiary/aromatic N) is 1. The molecule has 362 valence electrons. The third-order valence-electron chi connectivity index (χ3n) is 14.4. The van der Waals surface area contributed by atoms with Crippen molar-refractivity contribution >= 4 is 40.0 Å². The molecule has 1 heteroatoms. The molecule has 0 atom stereocenters. The molecule has 2 saturated carbocycles. The first-order valence-electron chi connectivity index (χ1n) is 27.4. The number of anilines is 3. The van der Waals surface area contributed by atoms with Crippen LogP contribution in [0.25, 0.3) is 34.1 Å². The van der Waals surface area contributed by atoms with Crippen LogP contribution in [0.1, 0.15) is 181 Å². The molecule has 11 rings (SSSR count). The van der Waals surface area contributed by atoms with Gasteiger partial charge in [-0.15, -0.1) is 0 Å². The molecule has 0 amide bonds. The van der Waals surface area contributed by atoms with Crippen molar-refractivity contribution in [3.05, 3.63) is 196 Å². The summed E-state index contributed by atoms with van der Waals surface area (Å²) in [6, 6.07) is 55.0. The van der Waals surface area contributed by atoms with E-state index in [0.29, 0.717) is 0 Å². The van der Waals surface area contributed by atoms with E-state index in [-0.39, 0.29) is 0 Å². The van der Waals surface area contributed by atoms with Crippen LogP contribution in [0, 0.1) is 20.8 Å². The zero-order valence-corrected chi connectivity index (χ0v) is 43.8. The van der Waals surface area contributed by atoms with Crippen LogP contribution in [-0.4, -0.2) is 0 Å². The summed E-state index contributed by atoms with van der Waals surface area (Å²) in [6.45, 7) is 14.6. The van der Waals surface area contributed by atoms with Crippen LogP contribution in [-0.2, 0) is 12.8 Å². The zero-order chi connectivity index (χ0) is 48.6. The fourth-order valence-corrected chi connectivity index (χ4v) is 10.8. The Balaban J connectivity index is 0.000000161. The lowest BCUT2D eigenvalue weighted by atomic mass is 9.84. The lowest BCUT2D eigenvalue weighted by Gasteiger charge is -2.29. The van der Waals surface area contributed by atoms with E-state index in [0.717, 1.165) is 5.92 Å². The number of fused-ring (bicyclic) bond motifs is 4. The molecule has 7 aromatic rings. The number of rotatable bonds is 3. The molecule has 3 aliphatic carbocycles. The van der Waals surface area contributed by atoms with Gasteiger partial charge < -0.3 is 4.90 Å². The molecule has 0 radical (unpaired) electrons. The van der Waals surface area contributed by atoms with Crippen molar-refractivity contribution in [2.75, 3.05) is 4.90 Å². The molecule has 0 bridgehead atoms. The summed E-state index contributed by atoms with van der Waals surface area (Å²) >= 11 is 0. The Hall–Kier alpha value is -5.66. The van der Waals surface area contributed by atoms with Gasteiger partial charge in [-0.3, -0.25) is 0 Å². The predicted molar refractivity (Wildman–Crippen MR) is 307 cm³/mol. The van der Waals surface area contributed by atoms with Crippen molar-refractivity contribution in [1.82, 2.24) is 0 Å². The monoisotopic (exact) mass is 916 g/mol. The van der Waals surface area contributed by atoms with Gasteiger partial charge in [0.05, 0.1) is 17.1 Å². The van der Waals surface area contributed by atoms with Crippen molar-refractivity contribution in [3.8, 4) is 11.1 Å². The van der Waals surface area contributed by atoms with Crippen molar-refractivity contribution < 1.29 is 0 Å². The highest BCUT2D eigenvalue weighted by atomic mass is 15.1. The molecule has 0 aromatic heterocycles. The van der Waals surface area contributed by atoms with Gasteiger partial charge in [-0.2, -0.15) is 0 Å². The van der Waals surface area contributed by atoms with Gasteiger partial charge in [0.25, 0.3) is 0 Å². The van der Waals surface area contributed by atoms with Crippen LogP contribution < -0.4 is 4.90 Å². The maximum atomic E-state index is 2.41.